The Morgan fingerprint density at radius 3 is 2.49 bits per heavy atom. The monoisotopic (exact) mass is 487 g/mol. The van der Waals surface area contributed by atoms with Gasteiger partial charge in [0, 0.05) is 18.8 Å². The second-order valence-corrected chi connectivity index (χ2v) is 8.00. The van der Waals surface area contributed by atoms with Gasteiger partial charge in [-0.3, -0.25) is 4.68 Å². The van der Waals surface area contributed by atoms with Gasteiger partial charge >= 0.3 is 5.97 Å². The van der Waals surface area contributed by atoms with Crippen LogP contribution in [0.5, 0.6) is 5.75 Å². The molecule has 4 aromatic rings. The number of phenols is 1. The number of carboxylic acids is 1. The molecule has 0 amide bonds. The molecule has 4 rings (SSSR count). The van der Waals surface area contributed by atoms with Crippen LogP contribution in [0.2, 0.25) is 0 Å². The maximum atomic E-state index is 14.4. The van der Waals surface area contributed by atoms with E-state index in [1.54, 1.807) is 34.0 Å². The van der Waals surface area contributed by atoms with Gasteiger partial charge in [-0.15, -0.1) is 0 Å². The molecule has 9 nitrogen and oxygen atoms in total. The number of carbonyl (C=O) groups is 1. The summed E-state index contributed by atoms with van der Waals surface area (Å²) in [6, 6.07) is 8.54. The molecular weight excluding hydrogens is 467 g/mol. The second kappa shape index (κ2) is 9.49. The third-order valence-electron chi connectivity index (χ3n) is 5.23. The first kappa shape index (κ1) is 23.8. The second-order valence-electron chi connectivity index (χ2n) is 8.00. The van der Waals surface area contributed by atoms with Crippen LogP contribution < -0.4 is 4.90 Å². The molecule has 2 aromatic heterocycles. The Balaban J connectivity index is 1.71. The summed E-state index contributed by atoms with van der Waals surface area (Å²) in [6.45, 7) is 4.35. The summed E-state index contributed by atoms with van der Waals surface area (Å²) in [4.78, 5) is 16.9. The van der Waals surface area contributed by atoms with Crippen molar-refractivity contribution < 1.29 is 32.7 Å². The van der Waals surface area contributed by atoms with Gasteiger partial charge in [0.2, 0.25) is 5.82 Å². The number of aromatic nitrogens is 4. The number of hydrogen-bond donors (Lipinski definition) is 2. The van der Waals surface area contributed by atoms with E-state index in [0.29, 0.717) is 11.6 Å². The molecule has 2 aromatic carbocycles. The van der Waals surface area contributed by atoms with Gasteiger partial charge in [0.15, 0.2) is 17.4 Å². The van der Waals surface area contributed by atoms with Crippen LogP contribution in [0.15, 0.2) is 47.1 Å². The number of carboxylic acid groups (broad SMARTS) is 1. The van der Waals surface area contributed by atoms with E-state index in [2.05, 4.69) is 15.2 Å². The first-order chi connectivity index (χ1) is 16.7. The number of aromatic carboxylic acids is 1. The topological polar surface area (TPSA) is 118 Å². The Hall–Kier alpha value is -4.35. The number of phenolic OH excluding ortho intramolecular Hbond substituents is 1. The van der Waals surface area contributed by atoms with E-state index in [0.717, 1.165) is 5.69 Å². The van der Waals surface area contributed by atoms with Crippen molar-refractivity contribution in [3.8, 4) is 17.2 Å². The summed E-state index contributed by atoms with van der Waals surface area (Å²) < 4.78 is 48.5. The highest BCUT2D eigenvalue weighted by Crippen LogP contribution is 2.33. The standard InChI is InChI=1S/C23H20F3N5O4/c1-12(2)31-15(7-8-27-31)11-30(10-13-3-5-14(6-4-13)22(33)34)23-28-21(35-29-23)16-9-17(24)19(26)20(32)18(16)25/h3-9,12,32H,10-11H2,1-2H3,(H,33,34). The fraction of sp³-hybridized carbons (Fsp3) is 0.217. The zero-order chi connectivity index (χ0) is 25.3. The number of halogens is 3. The largest absolute Gasteiger partial charge is 0.503 e. The highest BCUT2D eigenvalue weighted by molar-refractivity contribution is 5.87. The fourth-order valence-electron chi connectivity index (χ4n) is 3.50. The van der Waals surface area contributed by atoms with Crippen molar-refractivity contribution in [2.75, 3.05) is 4.90 Å². The molecule has 0 aliphatic rings. The summed E-state index contributed by atoms with van der Waals surface area (Å²) in [5.41, 5.74) is 1.03. The Kier molecular flexibility index (Phi) is 6.45. The summed E-state index contributed by atoms with van der Waals surface area (Å²) in [5, 5.41) is 26.8. The molecule has 0 unspecified atom stereocenters. The zero-order valence-electron chi connectivity index (χ0n) is 18.6. The van der Waals surface area contributed by atoms with Gasteiger partial charge in [-0.2, -0.15) is 14.5 Å². The van der Waals surface area contributed by atoms with Crippen molar-refractivity contribution in [2.45, 2.75) is 33.0 Å². The lowest BCUT2D eigenvalue weighted by Gasteiger charge is -2.22. The van der Waals surface area contributed by atoms with Crippen LogP contribution in [-0.4, -0.2) is 36.1 Å². The molecule has 0 fully saturated rings. The molecule has 0 spiro atoms. The molecule has 0 bridgehead atoms. The number of anilines is 1. The molecule has 0 aliphatic heterocycles. The van der Waals surface area contributed by atoms with E-state index in [-0.39, 0.29) is 30.6 Å². The van der Waals surface area contributed by atoms with E-state index < -0.39 is 40.6 Å². The molecule has 12 heteroatoms. The van der Waals surface area contributed by atoms with Crippen LogP contribution >= 0.6 is 0 Å². The van der Waals surface area contributed by atoms with E-state index in [4.69, 9.17) is 9.63 Å². The van der Waals surface area contributed by atoms with Crippen molar-refractivity contribution in [1.82, 2.24) is 19.9 Å². The summed E-state index contributed by atoms with van der Waals surface area (Å²) >= 11 is 0. The first-order valence-electron chi connectivity index (χ1n) is 10.5. The fourth-order valence-corrected chi connectivity index (χ4v) is 3.50. The number of hydrogen-bond acceptors (Lipinski definition) is 7. The average molecular weight is 487 g/mol. The lowest BCUT2D eigenvalue weighted by molar-refractivity contribution is 0.0697. The predicted molar refractivity (Wildman–Crippen MR) is 117 cm³/mol. The molecule has 0 atom stereocenters. The van der Waals surface area contributed by atoms with Crippen LogP contribution in [0, 0.1) is 17.5 Å². The normalized spacial score (nSPS) is 11.3. The molecule has 0 saturated carbocycles. The highest BCUT2D eigenvalue weighted by Gasteiger charge is 2.25. The third-order valence-corrected chi connectivity index (χ3v) is 5.23. The van der Waals surface area contributed by atoms with E-state index in [9.17, 15) is 23.1 Å². The lowest BCUT2D eigenvalue weighted by Crippen LogP contribution is -2.25. The molecule has 2 heterocycles. The molecule has 35 heavy (non-hydrogen) atoms. The SMILES string of the molecule is CC(C)n1nccc1CN(Cc1ccc(C(=O)O)cc1)c1noc(-c2cc(F)c(F)c(O)c2F)n1. The van der Waals surface area contributed by atoms with Crippen molar-refractivity contribution in [3.63, 3.8) is 0 Å². The average Bonchev–Trinajstić information content (AvgIpc) is 3.50. The van der Waals surface area contributed by atoms with Gasteiger partial charge in [0.1, 0.15) is 0 Å². The van der Waals surface area contributed by atoms with Crippen LogP contribution in [-0.2, 0) is 13.1 Å². The number of aromatic hydroxyl groups is 1. The van der Waals surface area contributed by atoms with Crippen LogP contribution in [0.4, 0.5) is 19.1 Å². The van der Waals surface area contributed by atoms with Crippen LogP contribution in [0.25, 0.3) is 11.5 Å². The van der Waals surface area contributed by atoms with Gasteiger partial charge in [0.05, 0.1) is 23.4 Å². The van der Waals surface area contributed by atoms with Crippen molar-refractivity contribution >= 4 is 11.9 Å². The van der Waals surface area contributed by atoms with Gasteiger partial charge in [-0.1, -0.05) is 12.1 Å². The number of benzene rings is 2. The minimum Gasteiger partial charge on any atom is -0.503 e. The molecule has 0 radical (unpaired) electrons. The summed E-state index contributed by atoms with van der Waals surface area (Å²) in [7, 11) is 0. The maximum Gasteiger partial charge on any atom is 0.335 e. The zero-order valence-corrected chi connectivity index (χ0v) is 18.6. The highest BCUT2D eigenvalue weighted by atomic mass is 19.2. The summed E-state index contributed by atoms with van der Waals surface area (Å²) in [5.74, 6) is -7.65. The molecule has 0 aliphatic carbocycles. The van der Waals surface area contributed by atoms with Crippen molar-refractivity contribution in [1.29, 1.82) is 0 Å². The lowest BCUT2D eigenvalue weighted by atomic mass is 10.1. The van der Waals surface area contributed by atoms with Crippen molar-refractivity contribution in [2.24, 2.45) is 0 Å². The smallest absolute Gasteiger partial charge is 0.335 e. The minimum atomic E-state index is -1.72. The molecule has 182 valence electrons. The Bertz CT molecular complexity index is 1370. The number of rotatable bonds is 8. The molecule has 0 saturated heterocycles. The third kappa shape index (κ3) is 4.81. The quantitative estimate of drug-likeness (QED) is 0.348. The van der Waals surface area contributed by atoms with E-state index in [1.165, 1.54) is 12.1 Å². The van der Waals surface area contributed by atoms with Gasteiger partial charge in [-0.25, -0.2) is 13.6 Å². The minimum absolute atomic E-state index is 0.00226. The van der Waals surface area contributed by atoms with Crippen molar-refractivity contribution in [3.05, 3.63) is 76.9 Å². The summed E-state index contributed by atoms with van der Waals surface area (Å²) in [6.07, 6.45) is 1.64. The Morgan fingerprint density at radius 1 is 1.11 bits per heavy atom. The Morgan fingerprint density at radius 2 is 1.83 bits per heavy atom. The van der Waals surface area contributed by atoms with E-state index in [1.807, 2.05) is 13.8 Å². The Labute approximate surface area is 197 Å². The first-order valence-corrected chi connectivity index (χ1v) is 10.5. The van der Waals surface area contributed by atoms with E-state index >= 15 is 0 Å². The van der Waals surface area contributed by atoms with Gasteiger partial charge < -0.3 is 19.6 Å². The maximum absolute atomic E-state index is 14.4. The molecule has 2 N–H and O–H groups in total. The van der Waals surface area contributed by atoms with Crippen LogP contribution in [0.1, 0.15) is 41.5 Å². The van der Waals surface area contributed by atoms with Gasteiger partial charge in [0.25, 0.3) is 11.8 Å². The van der Waals surface area contributed by atoms with Crippen LogP contribution in [0.3, 0.4) is 0 Å². The molecular formula is C23H20F3N5O4. The predicted octanol–water partition coefficient (Wildman–Crippen LogP) is 4.54. The van der Waals surface area contributed by atoms with Gasteiger partial charge in [-0.05, 0) is 48.8 Å². The number of nitrogens with zero attached hydrogens (tertiary/aromatic N) is 5.